The zero-order chi connectivity index (χ0) is 28.9. The summed E-state index contributed by atoms with van der Waals surface area (Å²) in [5.41, 5.74) is 0. The number of hydrogen-bond acceptors (Lipinski definition) is 3. The van der Waals surface area contributed by atoms with E-state index in [2.05, 4.69) is 34.5 Å². The lowest BCUT2D eigenvalue weighted by Gasteiger charge is -2.31. The van der Waals surface area contributed by atoms with Crippen molar-refractivity contribution in [3.05, 3.63) is 12.7 Å². The Bertz CT molecular complexity index is 539. The van der Waals surface area contributed by atoms with Crippen molar-refractivity contribution in [3.8, 4) is 0 Å². The second kappa shape index (κ2) is 30.8. The van der Waals surface area contributed by atoms with Gasteiger partial charge in [0, 0.05) is 0 Å². The van der Waals surface area contributed by atoms with E-state index < -0.39 is 7.60 Å². The Morgan fingerprint density at radius 2 is 0.825 bits per heavy atom. The van der Waals surface area contributed by atoms with Crippen LogP contribution in [0.4, 0.5) is 0 Å². The molecule has 0 saturated carbocycles. The molecular formula is C34H71BrNO3P. The Morgan fingerprint density at radius 1 is 0.550 bits per heavy atom. The van der Waals surface area contributed by atoms with Crippen LogP contribution in [0.5, 0.6) is 0 Å². The molecule has 0 heterocycles. The number of halogens is 1. The van der Waals surface area contributed by atoms with Gasteiger partial charge in [0.05, 0.1) is 33.9 Å². The molecule has 0 bridgehead atoms. The molecule has 0 aliphatic carbocycles. The zero-order valence-electron chi connectivity index (χ0n) is 27.6. The highest BCUT2D eigenvalue weighted by atomic mass is 79.9. The van der Waals surface area contributed by atoms with Gasteiger partial charge in [0.2, 0.25) is 0 Å². The topological polar surface area (TPSA) is 35.5 Å². The molecule has 0 unspecified atom stereocenters. The number of rotatable bonds is 32. The van der Waals surface area contributed by atoms with E-state index in [4.69, 9.17) is 9.05 Å². The Hall–Kier alpha value is 0.330. The molecule has 40 heavy (non-hydrogen) atoms. The Kier molecular flexibility index (Phi) is 32.7. The van der Waals surface area contributed by atoms with Crippen LogP contribution in [0.3, 0.4) is 0 Å². The zero-order valence-corrected chi connectivity index (χ0v) is 30.1. The summed E-state index contributed by atoms with van der Waals surface area (Å²) in [6.07, 6.45) is 33.8. The van der Waals surface area contributed by atoms with E-state index in [1.54, 1.807) is 0 Å². The molecule has 0 amide bonds. The van der Waals surface area contributed by atoms with E-state index in [1.807, 2.05) is 6.08 Å². The Labute approximate surface area is 262 Å². The first kappa shape index (κ1) is 42.5. The molecule has 0 rings (SSSR count). The Morgan fingerprint density at radius 3 is 1.10 bits per heavy atom. The summed E-state index contributed by atoms with van der Waals surface area (Å²) in [6.45, 7) is 10.3. The maximum atomic E-state index is 13.6. The lowest BCUT2D eigenvalue weighted by Crippen LogP contribution is -3.00. The van der Waals surface area contributed by atoms with E-state index in [1.165, 1.54) is 128 Å². The molecule has 0 aromatic heterocycles. The molecule has 0 spiro atoms. The summed E-state index contributed by atoms with van der Waals surface area (Å²) >= 11 is 0. The highest BCUT2D eigenvalue weighted by molar-refractivity contribution is 7.53. The predicted octanol–water partition coefficient (Wildman–Crippen LogP) is 8.84. The summed E-state index contributed by atoms with van der Waals surface area (Å²) in [4.78, 5) is 0. The smallest absolute Gasteiger partial charge is 0.384 e. The molecule has 0 aromatic carbocycles. The first-order chi connectivity index (χ1) is 18.9. The molecule has 0 saturated heterocycles. The molecule has 0 radical (unpaired) electrons. The van der Waals surface area contributed by atoms with Crippen molar-refractivity contribution in [2.24, 2.45) is 0 Å². The molecule has 0 fully saturated rings. The van der Waals surface area contributed by atoms with Crippen molar-refractivity contribution in [3.63, 3.8) is 0 Å². The minimum atomic E-state index is -3.11. The number of hydrogen-bond donors (Lipinski definition) is 0. The number of unbranched alkanes of at least 4 members (excludes halogenated alkanes) is 22. The van der Waals surface area contributed by atoms with Gasteiger partial charge in [0.1, 0.15) is 0 Å². The first-order valence-corrected chi connectivity index (χ1v) is 18.9. The fraction of sp³-hybridized carbons (Fsp3) is 0.941. The average molecular weight is 653 g/mol. The van der Waals surface area contributed by atoms with E-state index in [0.717, 1.165) is 32.2 Å². The van der Waals surface area contributed by atoms with Gasteiger partial charge in [-0.2, -0.15) is 0 Å². The summed E-state index contributed by atoms with van der Waals surface area (Å²) in [7, 11) is 1.05. The van der Waals surface area contributed by atoms with Crippen molar-refractivity contribution in [2.45, 2.75) is 168 Å². The van der Waals surface area contributed by atoms with Crippen LogP contribution in [-0.2, 0) is 13.6 Å². The maximum absolute atomic E-state index is 13.6. The number of nitrogens with zero attached hydrogens (tertiary/aromatic N) is 1. The van der Waals surface area contributed by atoms with Crippen LogP contribution in [0.1, 0.15) is 168 Å². The van der Waals surface area contributed by atoms with Gasteiger partial charge >= 0.3 is 7.60 Å². The summed E-state index contributed by atoms with van der Waals surface area (Å²) < 4.78 is 26.2. The summed E-state index contributed by atoms with van der Waals surface area (Å²) in [5.74, 6) is 0. The second-order valence-electron chi connectivity index (χ2n) is 12.6. The van der Waals surface area contributed by atoms with Crippen LogP contribution < -0.4 is 17.0 Å². The molecule has 0 aromatic rings. The molecule has 242 valence electrons. The fourth-order valence-electron chi connectivity index (χ4n) is 5.29. The average Bonchev–Trinajstić information content (AvgIpc) is 2.89. The summed E-state index contributed by atoms with van der Waals surface area (Å²) in [6, 6.07) is 0. The van der Waals surface area contributed by atoms with E-state index in [9.17, 15) is 4.57 Å². The maximum Gasteiger partial charge on any atom is 0.384 e. The van der Waals surface area contributed by atoms with Crippen molar-refractivity contribution in [2.75, 3.05) is 40.1 Å². The van der Waals surface area contributed by atoms with Crippen LogP contribution in [0.25, 0.3) is 0 Å². The lowest BCUT2D eigenvalue weighted by atomic mass is 10.1. The quantitative estimate of drug-likeness (QED) is 0.0315. The lowest BCUT2D eigenvalue weighted by molar-refractivity contribution is -0.873. The number of quaternary nitrogens is 1. The molecule has 0 aliphatic rings. The number of likely N-dealkylation sites (N-methyl/N-ethyl adjacent to an activating group) is 1. The molecular weight excluding hydrogens is 581 g/mol. The minimum absolute atomic E-state index is 0. The highest BCUT2D eigenvalue weighted by Gasteiger charge is 2.33. The van der Waals surface area contributed by atoms with E-state index in [-0.39, 0.29) is 17.0 Å². The molecule has 6 heteroatoms. The standard InChI is InChI=1S/C34H71NO3P.BrH/c1-6-9-11-13-15-17-19-21-23-25-27-29-32-37-39(36,34-35(4,5)31-8-3)38-33-30-28-26-24-22-20-18-16-14-12-10-7-2;/h8H,3,6-7,9-34H2,1-2,4-5H3;1H/q+1;/p-1. The molecule has 0 N–H and O–H groups in total. The van der Waals surface area contributed by atoms with Crippen molar-refractivity contribution in [1.29, 1.82) is 0 Å². The molecule has 0 atom stereocenters. The van der Waals surface area contributed by atoms with Gasteiger partial charge in [-0.3, -0.25) is 4.57 Å². The van der Waals surface area contributed by atoms with Crippen molar-refractivity contribution >= 4 is 7.60 Å². The van der Waals surface area contributed by atoms with Crippen LogP contribution in [-0.4, -0.2) is 44.6 Å². The minimum Gasteiger partial charge on any atom is -1.00 e. The predicted molar refractivity (Wildman–Crippen MR) is 174 cm³/mol. The van der Waals surface area contributed by atoms with E-state index >= 15 is 0 Å². The van der Waals surface area contributed by atoms with Gasteiger partial charge in [-0.15, -0.1) is 0 Å². The van der Waals surface area contributed by atoms with Crippen LogP contribution in [0.15, 0.2) is 12.7 Å². The molecule has 4 nitrogen and oxygen atoms in total. The Balaban J connectivity index is 0. The largest absolute Gasteiger partial charge is 1.00 e. The second-order valence-corrected chi connectivity index (χ2v) is 14.6. The van der Waals surface area contributed by atoms with Crippen molar-refractivity contribution < 1.29 is 35.1 Å². The SMILES string of the molecule is C=CC[N+](C)(C)CP(=O)(OCCCCCCCCCCCCCC)OCCCCCCCCCCCCCC.[Br-]. The molecule has 0 aliphatic heterocycles. The normalized spacial score (nSPS) is 12.0. The third-order valence-corrected chi connectivity index (χ3v) is 10.0. The fourth-order valence-corrected chi connectivity index (χ4v) is 7.39. The van der Waals surface area contributed by atoms with Gasteiger partial charge < -0.3 is 30.5 Å². The third-order valence-electron chi connectivity index (χ3n) is 7.75. The van der Waals surface area contributed by atoms with Gasteiger partial charge in [-0.1, -0.05) is 162 Å². The van der Waals surface area contributed by atoms with Crippen LogP contribution in [0, 0.1) is 0 Å². The highest BCUT2D eigenvalue weighted by Crippen LogP contribution is 2.50. The van der Waals surface area contributed by atoms with Crippen LogP contribution >= 0.6 is 7.60 Å². The van der Waals surface area contributed by atoms with Gasteiger partial charge in [0.15, 0.2) is 6.29 Å². The summed E-state index contributed by atoms with van der Waals surface area (Å²) in [5, 5.41) is 0. The van der Waals surface area contributed by atoms with Gasteiger partial charge in [0.25, 0.3) is 0 Å². The van der Waals surface area contributed by atoms with Crippen LogP contribution in [0.2, 0.25) is 0 Å². The first-order valence-electron chi connectivity index (χ1n) is 17.2. The van der Waals surface area contributed by atoms with Crippen molar-refractivity contribution in [1.82, 2.24) is 0 Å². The van der Waals surface area contributed by atoms with Gasteiger partial charge in [-0.25, -0.2) is 0 Å². The van der Waals surface area contributed by atoms with Gasteiger partial charge in [-0.05, 0) is 18.9 Å². The third kappa shape index (κ3) is 29.8. The monoisotopic (exact) mass is 651 g/mol. The van der Waals surface area contributed by atoms with E-state index in [0.29, 0.717) is 24.0 Å².